The Morgan fingerprint density at radius 1 is 1.07 bits per heavy atom. The Morgan fingerprint density at radius 2 is 1.79 bits per heavy atom. The third-order valence-corrected chi connectivity index (χ3v) is 5.34. The topological polar surface area (TPSA) is 47.6 Å². The number of para-hydroxylation sites is 1. The molecule has 2 aromatic carbocycles. The van der Waals surface area contributed by atoms with Crippen molar-refractivity contribution in [3.05, 3.63) is 59.1 Å². The van der Waals surface area contributed by atoms with Crippen molar-refractivity contribution in [1.82, 2.24) is 10.2 Å². The molecule has 3 rings (SSSR count). The summed E-state index contributed by atoms with van der Waals surface area (Å²) < 4.78 is 0. The molecule has 1 amide bonds. The summed E-state index contributed by atoms with van der Waals surface area (Å²) in [6.07, 6.45) is 0.282. The molecule has 0 saturated carbocycles. The SMILES string of the molecule is CCN1CCN(c2c(Cl)cccc2NC(=S)NC(=O)Cc2ccccc2)CC1. The first-order valence-corrected chi connectivity index (χ1v) is 10.3. The number of halogens is 1. The minimum Gasteiger partial charge on any atom is -0.366 e. The van der Waals surface area contributed by atoms with Crippen molar-refractivity contribution in [3.63, 3.8) is 0 Å². The van der Waals surface area contributed by atoms with Gasteiger partial charge >= 0.3 is 0 Å². The molecule has 2 aromatic rings. The molecule has 1 fully saturated rings. The molecule has 2 N–H and O–H groups in total. The number of nitrogens with one attached hydrogen (secondary N) is 2. The van der Waals surface area contributed by atoms with Crippen LogP contribution < -0.4 is 15.5 Å². The standard InChI is InChI=1S/C21H25ClN4OS/c1-2-25-11-13-26(14-12-25)20-17(22)9-6-10-18(20)23-21(28)24-19(27)15-16-7-4-3-5-8-16/h3-10H,2,11-15H2,1H3,(H2,23,24,27,28). The molecule has 0 unspecified atom stereocenters. The van der Waals surface area contributed by atoms with E-state index < -0.39 is 0 Å². The second-order valence-corrected chi connectivity index (χ2v) is 7.54. The first kappa shape index (κ1) is 20.6. The second-order valence-electron chi connectivity index (χ2n) is 6.72. The van der Waals surface area contributed by atoms with Gasteiger partial charge in [-0.1, -0.05) is 54.9 Å². The van der Waals surface area contributed by atoms with Crippen LogP contribution in [0, 0.1) is 0 Å². The third-order valence-electron chi connectivity index (χ3n) is 4.83. The highest BCUT2D eigenvalue weighted by molar-refractivity contribution is 7.80. The molecule has 0 spiro atoms. The molecular weight excluding hydrogens is 392 g/mol. The van der Waals surface area contributed by atoms with Crippen LogP contribution in [0.1, 0.15) is 12.5 Å². The highest BCUT2D eigenvalue weighted by Gasteiger charge is 2.21. The minimum absolute atomic E-state index is 0.149. The molecule has 0 aliphatic carbocycles. The van der Waals surface area contributed by atoms with Crippen molar-refractivity contribution >= 4 is 46.2 Å². The zero-order valence-corrected chi connectivity index (χ0v) is 17.5. The summed E-state index contributed by atoms with van der Waals surface area (Å²) in [4.78, 5) is 16.9. The van der Waals surface area contributed by atoms with Crippen LogP contribution >= 0.6 is 23.8 Å². The molecule has 1 aliphatic heterocycles. The number of anilines is 2. The molecule has 28 heavy (non-hydrogen) atoms. The quantitative estimate of drug-likeness (QED) is 0.730. The largest absolute Gasteiger partial charge is 0.366 e. The van der Waals surface area contributed by atoms with Crippen molar-refractivity contribution < 1.29 is 4.79 Å². The van der Waals surface area contributed by atoms with Gasteiger partial charge < -0.3 is 20.4 Å². The molecule has 0 bridgehead atoms. The fourth-order valence-corrected chi connectivity index (χ4v) is 3.85. The zero-order chi connectivity index (χ0) is 19.9. The van der Waals surface area contributed by atoms with E-state index in [-0.39, 0.29) is 17.4 Å². The highest BCUT2D eigenvalue weighted by Crippen LogP contribution is 2.34. The number of piperazine rings is 1. The van der Waals surface area contributed by atoms with Crippen LogP contribution in [0.2, 0.25) is 5.02 Å². The fraction of sp³-hybridized carbons (Fsp3) is 0.333. The maximum absolute atomic E-state index is 12.3. The average molecular weight is 417 g/mol. The normalized spacial score (nSPS) is 14.6. The highest BCUT2D eigenvalue weighted by atomic mass is 35.5. The van der Waals surface area contributed by atoms with Crippen LogP contribution in [0.15, 0.2) is 48.5 Å². The summed E-state index contributed by atoms with van der Waals surface area (Å²) >= 11 is 11.9. The van der Waals surface area contributed by atoms with Gasteiger partial charge in [0.2, 0.25) is 5.91 Å². The Labute approximate surface area is 176 Å². The van der Waals surface area contributed by atoms with Crippen LogP contribution in [-0.4, -0.2) is 48.6 Å². The number of carbonyl (C=O) groups is 1. The number of benzene rings is 2. The van der Waals surface area contributed by atoms with E-state index in [0.29, 0.717) is 5.02 Å². The third kappa shape index (κ3) is 5.44. The van der Waals surface area contributed by atoms with Crippen LogP contribution in [0.5, 0.6) is 0 Å². The van der Waals surface area contributed by atoms with E-state index in [4.69, 9.17) is 23.8 Å². The monoisotopic (exact) mass is 416 g/mol. The summed E-state index contributed by atoms with van der Waals surface area (Å²) in [5.41, 5.74) is 2.68. The summed E-state index contributed by atoms with van der Waals surface area (Å²) in [6.45, 7) is 7.03. The van der Waals surface area contributed by atoms with Crippen LogP contribution in [0.3, 0.4) is 0 Å². The van der Waals surface area contributed by atoms with Gasteiger partial charge in [-0.15, -0.1) is 0 Å². The van der Waals surface area contributed by atoms with E-state index in [1.54, 1.807) is 0 Å². The molecule has 0 aromatic heterocycles. The average Bonchev–Trinajstić information content (AvgIpc) is 2.69. The number of likely N-dealkylation sites (N-methyl/N-ethyl adjacent to an activating group) is 1. The molecule has 0 radical (unpaired) electrons. The van der Waals surface area contributed by atoms with Gasteiger partial charge in [0.05, 0.1) is 22.8 Å². The maximum Gasteiger partial charge on any atom is 0.230 e. The Hall–Kier alpha value is -2.15. The lowest BCUT2D eigenvalue weighted by molar-refractivity contribution is -0.119. The summed E-state index contributed by atoms with van der Waals surface area (Å²) in [5.74, 6) is -0.149. The summed E-state index contributed by atoms with van der Waals surface area (Å²) in [5, 5.41) is 6.85. The van der Waals surface area contributed by atoms with Gasteiger partial charge in [-0.05, 0) is 36.5 Å². The van der Waals surface area contributed by atoms with Crippen LogP contribution in [0.25, 0.3) is 0 Å². The van der Waals surface area contributed by atoms with Crippen molar-refractivity contribution in [1.29, 1.82) is 0 Å². The van der Waals surface area contributed by atoms with Gasteiger partial charge in [0, 0.05) is 26.2 Å². The lowest BCUT2D eigenvalue weighted by Gasteiger charge is -2.37. The van der Waals surface area contributed by atoms with Crippen molar-refractivity contribution in [2.45, 2.75) is 13.3 Å². The number of hydrogen-bond acceptors (Lipinski definition) is 4. The van der Waals surface area contributed by atoms with Crippen molar-refractivity contribution in [2.24, 2.45) is 0 Å². The van der Waals surface area contributed by atoms with E-state index in [2.05, 4.69) is 27.4 Å². The molecule has 0 atom stereocenters. The van der Waals surface area contributed by atoms with E-state index in [1.165, 1.54) is 0 Å². The molecule has 1 heterocycles. The lowest BCUT2D eigenvalue weighted by atomic mass is 10.1. The van der Waals surface area contributed by atoms with Gasteiger partial charge in [-0.2, -0.15) is 0 Å². The summed E-state index contributed by atoms with van der Waals surface area (Å²) in [6, 6.07) is 15.3. The van der Waals surface area contributed by atoms with Gasteiger partial charge in [0.15, 0.2) is 5.11 Å². The van der Waals surface area contributed by atoms with Crippen molar-refractivity contribution in [3.8, 4) is 0 Å². The van der Waals surface area contributed by atoms with Gasteiger partial charge in [0.1, 0.15) is 0 Å². The first-order chi connectivity index (χ1) is 13.6. The van der Waals surface area contributed by atoms with Gasteiger partial charge in [0.25, 0.3) is 0 Å². The van der Waals surface area contributed by atoms with E-state index in [0.717, 1.165) is 49.7 Å². The fourth-order valence-electron chi connectivity index (χ4n) is 3.33. The Kier molecular flexibility index (Phi) is 7.25. The molecule has 1 aliphatic rings. The zero-order valence-electron chi connectivity index (χ0n) is 16.0. The Bertz CT molecular complexity index is 822. The number of hydrogen-bond donors (Lipinski definition) is 2. The van der Waals surface area contributed by atoms with Gasteiger partial charge in [-0.3, -0.25) is 4.79 Å². The van der Waals surface area contributed by atoms with E-state index in [1.807, 2.05) is 48.5 Å². The van der Waals surface area contributed by atoms with E-state index in [9.17, 15) is 4.79 Å². The Balaban J connectivity index is 1.64. The minimum atomic E-state index is -0.149. The van der Waals surface area contributed by atoms with Crippen molar-refractivity contribution in [2.75, 3.05) is 42.9 Å². The molecule has 148 valence electrons. The molecule has 1 saturated heterocycles. The predicted molar refractivity (Wildman–Crippen MR) is 120 cm³/mol. The molecule has 5 nitrogen and oxygen atoms in total. The molecular formula is C21H25ClN4OS. The maximum atomic E-state index is 12.3. The smallest absolute Gasteiger partial charge is 0.230 e. The number of thiocarbonyl (C=S) groups is 1. The first-order valence-electron chi connectivity index (χ1n) is 9.47. The molecule has 7 heteroatoms. The number of amides is 1. The van der Waals surface area contributed by atoms with E-state index >= 15 is 0 Å². The number of rotatable bonds is 5. The van der Waals surface area contributed by atoms with Crippen LogP contribution in [0.4, 0.5) is 11.4 Å². The second kappa shape index (κ2) is 9.87. The van der Waals surface area contributed by atoms with Gasteiger partial charge in [-0.25, -0.2) is 0 Å². The summed E-state index contributed by atoms with van der Waals surface area (Å²) in [7, 11) is 0. The number of nitrogens with zero attached hydrogens (tertiary/aromatic N) is 2. The van der Waals surface area contributed by atoms with Crippen LogP contribution in [-0.2, 0) is 11.2 Å². The Morgan fingerprint density at radius 3 is 2.46 bits per heavy atom. The lowest BCUT2D eigenvalue weighted by Crippen LogP contribution is -2.46. The number of carbonyl (C=O) groups excluding carboxylic acids is 1. The predicted octanol–water partition coefficient (Wildman–Crippen LogP) is 3.54.